The van der Waals surface area contributed by atoms with Gasteiger partial charge in [-0.05, 0) is 80.3 Å². The summed E-state index contributed by atoms with van der Waals surface area (Å²) < 4.78 is 0. The zero-order valence-corrected chi connectivity index (χ0v) is 64.4. The van der Waals surface area contributed by atoms with E-state index in [4.69, 9.17) is 22.9 Å². The summed E-state index contributed by atoms with van der Waals surface area (Å²) in [6.07, 6.45) is -3.95. The minimum absolute atomic E-state index is 0.147. The highest BCUT2D eigenvalue weighted by molar-refractivity contribution is 7.98. The Balaban J connectivity index is 2.39. The summed E-state index contributed by atoms with van der Waals surface area (Å²) in [4.78, 5) is 263. The lowest BCUT2D eigenvalue weighted by atomic mass is 10.0. The van der Waals surface area contributed by atoms with E-state index in [1.54, 1.807) is 12.3 Å². The SMILES string of the molecule is CSCC[C@H](NC(=O)[C@H](Cc1ccc(O)cc1)NC(=O)[C@H](CO)NC(=O)[C@H](CC(=O)O)NC(=O)CNC(=O)[C@H](CC(=O)O)NC(=O)[C@H](Cc1ccccc1)NC(=O)[C@H](CC(=O)O)NC(=O)[C@@H](NC(=O)[C@H](CO)NC(=O)[C@H](CCC(N)=O)NC(=O)[C@H](CO)NC(=O)[C@H](C)NC(=O)[C@@H](N)CCCCN)C(C)C)C(=O)N[C@@H](CC(N)=O)C(=O)O. The molecule has 0 fully saturated rings. The molecule has 46 nitrogen and oxygen atoms in total. The largest absolute Gasteiger partial charge is 0.508 e. The Morgan fingerprint density at radius 3 is 1.22 bits per heavy atom. The number of thioether (sulfide) groups is 1. The van der Waals surface area contributed by atoms with Gasteiger partial charge in [-0.15, -0.1) is 0 Å². The van der Waals surface area contributed by atoms with Gasteiger partial charge in [0.25, 0.3) is 0 Å². The molecule has 2 rings (SSSR count). The van der Waals surface area contributed by atoms with Crippen molar-refractivity contribution < 1.29 is 137 Å². The van der Waals surface area contributed by atoms with E-state index in [9.17, 15) is 137 Å². The average Bonchev–Trinajstić information content (AvgIpc) is 0.854. The summed E-state index contributed by atoms with van der Waals surface area (Å²) in [5, 5.41) is 110. The van der Waals surface area contributed by atoms with Crippen LogP contribution in [0, 0.1) is 5.92 Å². The molecule has 2 aromatic rings. The molecule has 116 heavy (non-hydrogen) atoms. The predicted octanol–water partition coefficient (Wildman–Crippen LogP) is -10.9. The molecule has 642 valence electrons. The van der Waals surface area contributed by atoms with Gasteiger partial charge in [-0.3, -0.25) is 91.1 Å². The molecule has 14 atom stereocenters. The van der Waals surface area contributed by atoms with Gasteiger partial charge in [0.2, 0.25) is 94.5 Å². The van der Waals surface area contributed by atoms with Gasteiger partial charge in [0, 0.05) is 19.3 Å². The first-order valence-corrected chi connectivity index (χ1v) is 37.2. The molecule has 0 saturated carbocycles. The Morgan fingerprint density at radius 2 is 0.784 bits per heavy atom. The van der Waals surface area contributed by atoms with Gasteiger partial charge in [0.15, 0.2) is 0 Å². The number of phenols is 1. The second-order valence-corrected chi connectivity index (χ2v) is 27.5. The van der Waals surface area contributed by atoms with Crippen LogP contribution >= 0.6 is 11.8 Å². The van der Waals surface area contributed by atoms with Crippen molar-refractivity contribution in [3.8, 4) is 5.75 Å². The molecule has 0 radical (unpaired) electrons. The first kappa shape index (κ1) is 99.9. The fraction of sp³-hybridized carbons (Fsp3) is 0.536. The topological polar surface area (TPSA) is 776 Å². The van der Waals surface area contributed by atoms with Crippen LogP contribution in [0.2, 0.25) is 0 Å². The molecule has 47 heteroatoms. The van der Waals surface area contributed by atoms with Crippen LogP contribution in [-0.4, -0.2) is 289 Å². The number of hydrogen-bond donors (Lipinski definition) is 26. The number of carbonyl (C=O) groups excluding carboxylic acids is 16. The van der Waals surface area contributed by atoms with Crippen LogP contribution in [0.5, 0.6) is 5.75 Å². The lowest BCUT2D eigenvalue weighted by Crippen LogP contribution is -2.62. The summed E-state index contributed by atoms with van der Waals surface area (Å²) in [6.45, 7) is -0.546. The standard InChI is InChI=1S/C69H102N18O28S/c1-32(2)55(87-67(112)48(31-90)85-59(104)38(17-18-49(72)92)77-65(110)46(29-88)84-56(101)33(3)75-57(102)37(71)12-8-9-20-70)68(113)82-44(27-54(99)100)64(109)79-40(22-34-10-6-5-7-11-34)62(107)81-42(25-52(95)96)58(103)74-28-51(94)76-43(26-53(97)98)63(108)86-47(30-89)66(111)80-41(23-35-13-15-36(91)16-14-35)61(106)78-39(19-21-116-4)60(105)83-45(69(114)115)24-50(73)93/h5-7,10-11,13-16,32-33,37-48,55,88-91H,8-9,12,17-31,70-71H2,1-4H3,(H2,72,92)(H2,73,93)(H,74,103)(H,75,102)(H,76,94)(H,77,110)(H,78,106)(H,79,109)(H,80,111)(H,81,107)(H,82,113)(H,83,105)(H,84,101)(H,85,104)(H,86,108)(H,87,112)(H,95,96)(H,97,98)(H,99,100)(H,114,115)/t33-,37-,38-,39-,40-,41-,42-,43-,44-,45-,46-,47-,48-,55-/m0/s1. The molecule has 0 aliphatic rings. The molecule has 16 amide bonds. The van der Waals surface area contributed by atoms with Crippen molar-refractivity contribution in [2.45, 2.75) is 182 Å². The summed E-state index contributed by atoms with van der Waals surface area (Å²) in [5.74, 6) is -27.5. The smallest absolute Gasteiger partial charge is 0.326 e. The molecule has 0 aliphatic heterocycles. The van der Waals surface area contributed by atoms with Crippen molar-refractivity contribution in [2.75, 3.05) is 44.9 Å². The van der Waals surface area contributed by atoms with E-state index >= 15 is 0 Å². The van der Waals surface area contributed by atoms with Gasteiger partial charge in [0.05, 0.1) is 58.1 Å². The van der Waals surface area contributed by atoms with E-state index in [-0.39, 0.29) is 35.5 Å². The number of aliphatic hydroxyl groups is 3. The van der Waals surface area contributed by atoms with Gasteiger partial charge in [-0.1, -0.05) is 62.7 Å². The number of aliphatic hydroxyl groups excluding tert-OH is 3. The molecule has 0 unspecified atom stereocenters. The maximum absolute atomic E-state index is 14.3. The fourth-order valence-corrected chi connectivity index (χ4v) is 10.9. The van der Waals surface area contributed by atoms with Crippen LogP contribution in [0.4, 0.5) is 0 Å². The van der Waals surface area contributed by atoms with Crippen molar-refractivity contribution >= 4 is 130 Å². The molecule has 2 aromatic carbocycles. The first-order chi connectivity index (χ1) is 54.6. The monoisotopic (exact) mass is 1660 g/mol. The highest BCUT2D eigenvalue weighted by Crippen LogP contribution is 2.15. The second-order valence-electron chi connectivity index (χ2n) is 26.5. The number of amides is 16. The number of carbonyl (C=O) groups is 20. The molecular weight excluding hydrogens is 1560 g/mol. The normalized spacial score (nSPS) is 14.6. The van der Waals surface area contributed by atoms with Crippen molar-refractivity contribution in [1.29, 1.82) is 0 Å². The minimum atomic E-state index is -2.17. The number of nitrogens with two attached hydrogens (primary N) is 4. The summed E-state index contributed by atoms with van der Waals surface area (Å²) in [5.41, 5.74) is 22.3. The van der Waals surface area contributed by atoms with Crippen molar-refractivity contribution in [2.24, 2.45) is 28.9 Å². The van der Waals surface area contributed by atoms with Crippen molar-refractivity contribution in [3.05, 3.63) is 65.7 Å². The fourth-order valence-electron chi connectivity index (χ4n) is 10.4. The number of rotatable bonds is 55. The van der Waals surface area contributed by atoms with Gasteiger partial charge in [0.1, 0.15) is 84.3 Å². The van der Waals surface area contributed by atoms with Gasteiger partial charge >= 0.3 is 23.9 Å². The Bertz CT molecular complexity index is 3790. The number of phenolic OH excluding ortho intramolecular Hbond substituents is 1. The van der Waals surface area contributed by atoms with E-state index in [1.807, 2.05) is 16.0 Å². The first-order valence-electron chi connectivity index (χ1n) is 35.8. The lowest BCUT2D eigenvalue weighted by Gasteiger charge is -2.28. The maximum Gasteiger partial charge on any atom is 0.326 e. The van der Waals surface area contributed by atoms with Crippen LogP contribution in [0.15, 0.2) is 54.6 Å². The zero-order chi connectivity index (χ0) is 87.6. The van der Waals surface area contributed by atoms with E-state index in [0.717, 1.165) is 0 Å². The van der Waals surface area contributed by atoms with Crippen LogP contribution < -0.4 is 97.4 Å². The van der Waals surface area contributed by atoms with Crippen LogP contribution in [0.1, 0.15) is 96.1 Å². The number of nitrogens with one attached hydrogen (secondary N) is 14. The predicted molar refractivity (Wildman–Crippen MR) is 402 cm³/mol. The van der Waals surface area contributed by atoms with Crippen LogP contribution in [-0.2, 0) is 109 Å². The third-order valence-electron chi connectivity index (χ3n) is 16.7. The van der Waals surface area contributed by atoms with Crippen molar-refractivity contribution in [3.63, 3.8) is 0 Å². The Hall–Kier alpha value is -12.2. The Morgan fingerprint density at radius 1 is 0.397 bits per heavy atom. The van der Waals surface area contributed by atoms with E-state index in [2.05, 4.69) is 58.5 Å². The highest BCUT2D eigenvalue weighted by atomic mass is 32.2. The number of carboxylic acids is 4. The Kier molecular flexibility index (Phi) is 44.3. The average molecular weight is 1660 g/mol. The number of carboxylic acid groups (broad SMARTS) is 4. The molecule has 0 aliphatic carbocycles. The van der Waals surface area contributed by atoms with Crippen molar-refractivity contribution in [1.82, 2.24) is 74.4 Å². The number of aliphatic carboxylic acids is 4. The number of aromatic hydroxyl groups is 1. The molecule has 0 spiro atoms. The van der Waals surface area contributed by atoms with Crippen LogP contribution in [0.25, 0.3) is 0 Å². The number of hydrogen-bond acceptors (Lipinski definition) is 27. The summed E-state index contributed by atoms with van der Waals surface area (Å²) in [7, 11) is 0. The molecular formula is C69H102N18O28S. The molecule has 30 N–H and O–H groups in total. The van der Waals surface area contributed by atoms with Gasteiger partial charge in [-0.2, -0.15) is 11.8 Å². The minimum Gasteiger partial charge on any atom is -0.508 e. The summed E-state index contributed by atoms with van der Waals surface area (Å²) in [6, 6.07) is -12.8. The van der Waals surface area contributed by atoms with E-state index in [0.29, 0.717) is 19.4 Å². The molecule has 0 saturated heterocycles. The Labute approximate surface area is 666 Å². The number of benzene rings is 2. The number of primary amides is 2. The van der Waals surface area contributed by atoms with Crippen LogP contribution in [0.3, 0.4) is 0 Å². The van der Waals surface area contributed by atoms with E-state index in [1.165, 1.54) is 81.1 Å². The maximum atomic E-state index is 14.3. The molecule has 0 aromatic heterocycles. The molecule has 0 bridgehead atoms. The third-order valence-corrected chi connectivity index (χ3v) is 17.4. The molecule has 0 heterocycles. The summed E-state index contributed by atoms with van der Waals surface area (Å²) >= 11 is 1.21. The van der Waals surface area contributed by atoms with Gasteiger partial charge in [-0.25, -0.2) is 4.79 Å². The lowest BCUT2D eigenvalue weighted by molar-refractivity contribution is -0.144. The third kappa shape index (κ3) is 37.2. The number of unbranched alkanes of at least 4 members (excludes halogenated alkanes) is 1. The quantitative estimate of drug-likeness (QED) is 0.0274. The zero-order valence-electron chi connectivity index (χ0n) is 63.5. The van der Waals surface area contributed by atoms with E-state index < -0.39 is 287 Å². The highest BCUT2D eigenvalue weighted by Gasteiger charge is 2.39. The second kappa shape index (κ2) is 51.5. The van der Waals surface area contributed by atoms with Gasteiger partial charge < -0.3 is 138 Å².